The number of carbonyl (C=O) groups excluding carboxylic acids is 1. The van der Waals surface area contributed by atoms with Gasteiger partial charge in [0.05, 0.1) is 6.20 Å². The highest BCUT2D eigenvalue weighted by atomic mass is 19.1. The average molecular weight is 366 g/mol. The Bertz CT molecular complexity index is 989. The van der Waals surface area contributed by atoms with Crippen molar-refractivity contribution in [1.29, 1.82) is 0 Å². The van der Waals surface area contributed by atoms with Gasteiger partial charge in [-0.3, -0.25) is 4.79 Å². The minimum atomic E-state index is -0.892. The van der Waals surface area contributed by atoms with Crippen LogP contribution in [0, 0.1) is 11.6 Å². The second kappa shape index (κ2) is 7.15. The van der Waals surface area contributed by atoms with Crippen molar-refractivity contribution < 1.29 is 18.0 Å². The van der Waals surface area contributed by atoms with E-state index in [2.05, 4.69) is 10.3 Å². The van der Waals surface area contributed by atoms with Gasteiger partial charge < -0.3 is 9.73 Å². The first-order valence-electron chi connectivity index (χ1n) is 8.60. The maximum atomic E-state index is 13.7. The predicted molar refractivity (Wildman–Crippen MR) is 97.9 cm³/mol. The van der Waals surface area contributed by atoms with Gasteiger partial charge in [0.25, 0.3) is 5.91 Å². The van der Waals surface area contributed by atoms with Crippen LogP contribution in [0.3, 0.4) is 0 Å². The lowest BCUT2D eigenvalue weighted by molar-refractivity contribution is 0.101. The van der Waals surface area contributed by atoms with Crippen molar-refractivity contribution >= 4 is 22.7 Å². The molecule has 0 unspecified atom stereocenters. The molecule has 6 heteroatoms. The van der Waals surface area contributed by atoms with Crippen LogP contribution in [-0.4, -0.2) is 10.9 Å². The van der Waals surface area contributed by atoms with E-state index in [4.69, 9.17) is 4.42 Å². The minimum absolute atomic E-state index is 0.464. The number of oxazole rings is 1. The minimum Gasteiger partial charge on any atom is -0.444 e. The number of hydrogen-bond donors (Lipinski definition) is 1. The largest absolute Gasteiger partial charge is 0.444 e. The molecule has 0 atom stereocenters. The van der Waals surface area contributed by atoms with Crippen LogP contribution in [0.2, 0.25) is 0 Å². The number of benzene rings is 2. The Labute approximate surface area is 154 Å². The number of rotatable bonds is 4. The van der Waals surface area contributed by atoms with Crippen molar-refractivity contribution in [3.05, 3.63) is 83.6 Å². The van der Waals surface area contributed by atoms with E-state index < -0.39 is 23.1 Å². The maximum absolute atomic E-state index is 13.7. The summed E-state index contributed by atoms with van der Waals surface area (Å²) in [5, 5.41) is 2.53. The van der Waals surface area contributed by atoms with E-state index in [-0.39, 0.29) is 0 Å². The van der Waals surface area contributed by atoms with Gasteiger partial charge in [-0.1, -0.05) is 18.2 Å². The van der Waals surface area contributed by atoms with Gasteiger partial charge in [-0.15, -0.1) is 0 Å². The third kappa shape index (κ3) is 3.38. The number of amides is 1. The highest BCUT2D eigenvalue weighted by Gasteiger charge is 2.20. The monoisotopic (exact) mass is 366 g/mol. The van der Waals surface area contributed by atoms with Gasteiger partial charge >= 0.3 is 0 Å². The van der Waals surface area contributed by atoms with Gasteiger partial charge in [0.1, 0.15) is 17.2 Å². The molecule has 0 saturated heterocycles. The number of carbonyl (C=O) groups is 1. The summed E-state index contributed by atoms with van der Waals surface area (Å²) < 4.78 is 32.9. The molecule has 0 aliphatic heterocycles. The third-order valence-corrected chi connectivity index (χ3v) is 4.63. The van der Waals surface area contributed by atoms with Gasteiger partial charge in [0, 0.05) is 11.3 Å². The molecule has 136 valence electrons. The van der Waals surface area contributed by atoms with E-state index >= 15 is 0 Å². The Balaban J connectivity index is 1.56. The molecule has 4 rings (SSSR count). The maximum Gasteiger partial charge on any atom is 0.261 e. The zero-order valence-electron chi connectivity index (χ0n) is 14.3. The van der Waals surface area contributed by atoms with Crippen LogP contribution in [0.4, 0.5) is 14.5 Å². The van der Waals surface area contributed by atoms with Crippen molar-refractivity contribution in [2.24, 2.45) is 0 Å². The fourth-order valence-electron chi connectivity index (χ4n) is 3.36. The van der Waals surface area contributed by atoms with Gasteiger partial charge in [0.2, 0.25) is 0 Å². The van der Waals surface area contributed by atoms with E-state index in [1.165, 1.54) is 18.0 Å². The molecule has 1 heterocycles. The molecule has 2 aromatic carbocycles. The molecule has 1 aromatic heterocycles. The Kier molecular flexibility index (Phi) is 4.54. The summed E-state index contributed by atoms with van der Waals surface area (Å²) in [7, 11) is 0. The fraction of sp³-hybridized carbons (Fsp3) is 0.143. The number of hydrogen-bond acceptors (Lipinski definition) is 3. The smallest absolute Gasteiger partial charge is 0.261 e. The molecule has 1 amide bonds. The quantitative estimate of drug-likeness (QED) is 0.682. The average Bonchev–Trinajstić information content (AvgIpc) is 3.33. The highest BCUT2D eigenvalue weighted by molar-refractivity contribution is 6.04. The van der Waals surface area contributed by atoms with Crippen LogP contribution < -0.4 is 5.32 Å². The second-order valence-electron chi connectivity index (χ2n) is 6.30. The topological polar surface area (TPSA) is 55.1 Å². The first kappa shape index (κ1) is 17.1. The number of anilines is 1. The summed E-state index contributed by atoms with van der Waals surface area (Å²) in [6.45, 7) is 0. The Morgan fingerprint density at radius 3 is 2.37 bits per heavy atom. The summed E-state index contributed by atoms with van der Waals surface area (Å²) in [5.41, 5.74) is 3.22. The standard InChI is InChI=1S/C21H16F2N2O2/c22-17-5-2-6-18(23)20(17)21(26)25-14-9-7-13(8-10-14)15-3-1-4-16(15)19-11-24-12-27-19/h2,5-12H,1,3-4H2,(H,25,26). The SMILES string of the molecule is O=C(Nc1ccc(C2=C(c3cnco3)CCC2)cc1)c1c(F)cccc1F. The zero-order valence-corrected chi connectivity index (χ0v) is 14.3. The molecule has 0 bridgehead atoms. The molecular formula is C21H16F2N2O2. The molecule has 0 spiro atoms. The van der Waals surface area contributed by atoms with E-state index in [0.29, 0.717) is 5.69 Å². The van der Waals surface area contributed by atoms with E-state index in [1.807, 2.05) is 12.1 Å². The van der Waals surface area contributed by atoms with E-state index in [9.17, 15) is 13.6 Å². The molecule has 0 saturated carbocycles. The van der Waals surface area contributed by atoms with Crippen LogP contribution in [-0.2, 0) is 0 Å². The number of halogens is 2. The Hall–Kier alpha value is -3.28. The molecular weight excluding hydrogens is 350 g/mol. The lowest BCUT2D eigenvalue weighted by Crippen LogP contribution is -2.15. The summed E-state index contributed by atoms with van der Waals surface area (Å²) >= 11 is 0. The summed E-state index contributed by atoms with van der Waals surface area (Å²) in [6, 6.07) is 10.5. The molecule has 4 nitrogen and oxygen atoms in total. The predicted octanol–water partition coefficient (Wildman–Crippen LogP) is 5.30. The normalized spacial score (nSPS) is 13.9. The number of aromatic nitrogens is 1. The summed E-state index contributed by atoms with van der Waals surface area (Å²) in [5.74, 6) is -1.83. The van der Waals surface area contributed by atoms with Crippen LogP contribution in [0.25, 0.3) is 11.1 Å². The number of nitrogens with one attached hydrogen (secondary N) is 1. The zero-order chi connectivity index (χ0) is 18.8. The van der Waals surface area contributed by atoms with E-state index in [0.717, 1.165) is 48.3 Å². The first-order chi connectivity index (χ1) is 13.1. The summed E-state index contributed by atoms with van der Waals surface area (Å²) in [6.07, 6.45) is 6.02. The van der Waals surface area contributed by atoms with Gasteiger partial charge in [-0.25, -0.2) is 13.8 Å². The van der Waals surface area contributed by atoms with Crippen molar-refractivity contribution in [3.63, 3.8) is 0 Å². The number of allylic oxidation sites excluding steroid dienone is 2. The molecule has 3 aromatic rings. The van der Waals surface area contributed by atoms with E-state index in [1.54, 1.807) is 18.3 Å². The number of nitrogens with zero attached hydrogens (tertiary/aromatic N) is 1. The molecule has 0 radical (unpaired) electrons. The molecule has 27 heavy (non-hydrogen) atoms. The van der Waals surface area contributed by atoms with Crippen LogP contribution in [0.15, 0.2) is 59.5 Å². The van der Waals surface area contributed by atoms with Crippen molar-refractivity contribution in [1.82, 2.24) is 4.98 Å². The second-order valence-corrected chi connectivity index (χ2v) is 6.30. The molecule has 1 aliphatic rings. The van der Waals surface area contributed by atoms with Crippen molar-refractivity contribution in [2.45, 2.75) is 19.3 Å². The van der Waals surface area contributed by atoms with Crippen molar-refractivity contribution in [3.8, 4) is 0 Å². The van der Waals surface area contributed by atoms with Crippen LogP contribution in [0.5, 0.6) is 0 Å². The fourth-order valence-corrected chi connectivity index (χ4v) is 3.36. The molecule has 1 aliphatic carbocycles. The molecule has 1 N–H and O–H groups in total. The van der Waals surface area contributed by atoms with Gasteiger partial charge in [-0.05, 0) is 54.7 Å². The molecule has 0 fully saturated rings. The first-order valence-corrected chi connectivity index (χ1v) is 8.60. The third-order valence-electron chi connectivity index (χ3n) is 4.63. The highest BCUT2D eigenvalue weighted by Crippen LogP contribution is 2.39. The lowest BCUT2D eigenvalue weighted by atomic mass is 10.0. The summed E-state index contributed by atoms with van der Waals surface area (Å²) in [4.78, 5) is 16.2. The Morgan fingerprint density at radius 2 is 1.70 bits per heavy atom. The van der Waals surface area contributed by atoms with Crippen LogP contribution in [0.1, 0.15) is 40.9 Å². The van der Waals surface area contributed by atoms with Crippen molar-refractivity contribution in [2.75, 3.05) is 5.32 Å². The van der Waals surface area contributed by atoms with Gasteiger partial charge in [-0.2, -0.15) is 0 Å². The lowest BCUT2D eigenvalue weighted by Gasteiger charge is -2.09. The van der Waals surface area contributed by atoms with Crippen LogP contribution >= 0.6 is 0 Å². The Morgan fingerprint density at radius 1 is 1.00 bits per heavy atom. The van der Waals surface area contributed by atoms with Gasteiger partial charge in [0.15, 0.2) is 12.2 Å².